The zero-order valence-electron chi connectivity index (χ0n) is 11.6. The third-order valence-corrected chi connectivity index (χ3v) is 3.88. The molecule has 0 heterocycles. The van der Waals surface area contributed by atoms with Crippen LogP contribution < -0.4 is 5.73 Å². The number of hydrogen-bond donors (Lipinski definition) is 1. The van der Waals surface area contributed by atoms with Crippen LogP contribution in [0.1, 0.15) is 40.0 Å². The standard InChI is InChI=1S/C13H23F4NO/c1-12(2,3)8-4-5-9(18)10(6-8)19-7-13(16,17)11(14)15/h8-11H,4-7,18H2,1-3H3. The average molecular weight is 285 g/mol. The molecule has 0 amide bonds. The second kappa shape index (κ2) is 5.95. The van der Waals surface area contributed by atoms with E-state index in [0.717, 1.165) is 6.42 Å². The Kier molecular flexibility index (Phi) is 5.23. The molecule has 0 aromatic rings. The summed E-state index contributed by atoms with van der Waals surface area (Å²) in [4.78, 5) is 0. The molecule has 0 aliphatic heterocycles. The van der Waals surface area contributed by atoms with Crippen molar-refractivity contribution in [3.05, 3.63) is 0 Å². The number of ether oxygens (including phenoxy) is 1. The lowest BCUT2D eigenvalue weighted by Gasteiger charge is -2.40. The van der Waals surface area contributed by atoms with Gasteiger partial charge in [-0.05, 0) is 30.6 Å². The summed E-state index contributed by atoms with van der Waals surface area (Å²) < 4.78 is 54.8. The summed E-state index contributed by atoms with van der Waals surface area (Å²) in [6.45, 7) is 4.94. The molecule has 0 spiro atoms. The maximum atomic E-state index is 12.8. The number of hydrogen-bond acceptors (Lipinski definition) is 2. The molecule has 3 unspecified atom stereocenters. The Hall–Kier alpha value is -0.360. The molecule has 3 atom stereocenters. The van der Waals surface area contributed by atoms with Gasteiger partial charge in [-0.25, -0.2) is 8.78 Å². The first-order valence-corrected chi connectivity index (χ1v) is 6.57. The van der Waals surface area contributed by atoms with E-state index < -0.39 is 25.1 Å². The third-order valence-electron chi connectivity index (χ3n) is 3.88. The van der Waals surface area contributed by atoms with Gasteiger partial charge in [-0.1, -0.05) is 20.8 Å². The van der Waals surface area contributed by atoms with Crippen molar-refractivity contribution in [1.82, 2.24) is 0 Å². The number of nitrogens with two attached hydrogens (primary N) is 1. The fourth-order valence-electron chi connectivity index (χ4n) is 2.41. The molecule has 0 saturated heterocycles. The Labute approximate surface area is 111 Å². The van der Waals surface area contributed by atoms with Gasteiger partial charge in [0.25, 0.3) is 0 Å². The summed E-state index contributed by atoms with van der Waals surface area (Å²) >= 11 is 0. The smallest absolute Gasteiger partial charge is 0.330 e. The van der Waals surface area contributed by atoms with E-state index in [9.17, 15) is 17.6 Å². The van der Waals surface area contributed by atoms with Crippen LogP contribution in [0.15, 0.2) is 0 Å². The fourth-order valence-corrected chi connectivity index (χ4v) is 2.41. The van der Waals surface area contributed by atoms with Crippen LogP contribution in [0.4, 0.5) is 17.6 Å². The predicted molar refractivity (Wildman–Crippen MR) is 65.5 cm³/mol. The molecule has 2 nitrogen and oxygen atoms in total. The molecule has 0 bridgehead atoms. The van der Waals surface area contributed by atoms with Crippen LogP contribution in [-0.4, -0.2) is 31.1 Å². The molecule has 6 heteroatoms. The summed E-state index contributed by atoms with van der Waals surface area (Å²) in [6.07, 6.45) is -2.14. The van der Waals surface area contributed by atoms with Crippen LogP contribution in [0.25, 0.3) is 0 Å². The van der Waals surface area contributed by atoms with Crippen molar-refractivity contribution in [3.63, 3.8) is 0 Å². The highest BCUT2D eigenvalue weighted by Gasteiger charge is 2.43. The van der Waals surface area contributed by atoms with E-state index in [1.807, 2.05) is 0 Å². The highest BCUT2D eigenvalue weighted by atomic mass is 19.3. The summed E-state index contributed by atoms with van der Waals surface area (Å²) in [6, 6.07) is -0.355. The van der Waals surface area contributed by atoms with Crippen LogP contribution in [0.3, 0.4) is 0 Å². The van der Waals surface area contributed by atoms with E-state index in [-0.39, 0.29) is 11.5 Å². The first kappa shape index (κ1) is 16.7. The zero-order chi connectivity index (χ0) is 14.8. The molecule has 1 aliphatic rings. The highest BCUT2D eigenvalue weighted by Crippen LogP contribution is 2.38. The van der Waals surface area contributed by atoms with Crippen molar-refractivity contribution in [2.24, 2.45) is 17.1 Å². The van der Waals surface area contributed by atoms with Crippen molar-refractivity contribution in [3.8, 4) is 0 Å². The molecular formula is C13H23F4NO. The molecule has 0 aromatic carbocycles. The van der Waals surface area contributed by atoms with Gasteiger partial charge in [-0.15, -0.1) is 0 Å². The topological polar surface area (TPSA) is 35.2 Å². The van der Waals surface area contributed by atoms with Crippen molar-refractivity contribution in [2.45, 2.75) is 64.5 Å². The molecule has 1 fully saturated rings. The van der Waals surface area contributed by atoms with E-state index in [4.69, 9.17) is 10.5 Å². The summed E-state index contributed by atoms with van der Waals surface area (Å²) in [7, 11) is 0. The van der Waals surface area contributed by atoms with Crippen molar-refractivity contribution < 1.29 is 22.3 Å². The highest BCUT2D eigenvalue weighted by molar-refractivity contribution is 4.88. The summed E-state index contributed by atoms with van der Waals surface area (Å²) in [5.41, 5.74) is 5.87. The second-order valence-electron chi connectivity index (χ2n) is 6.45. The van der Waals surface area contributed by atoms with E-state index in [2.05, 4.69) is 20.8 Å². The lowest BCUT2D eigenvalue weighted by molar-refractivity contribution is -0.182. The Morgan fingerprint density at radius 3 is 2.26 bits per heavy atom. The lowest BCUT2D eigenvalue weighted by Crippen LogP contribution is -2.46. The quantitative estimate of drug-likeness (QED) is 0.803. The summed E-state index contributed by atoms with van der Waals surface area (Å²) in [5.74, 6) is -3.80. The largest absolute Gasteiger partial charge is 0.370 e. The average Bonchev–Trinajstić information content (AvgIpc) is 2.26. The maximum Gasteiger partial charge on any atom is 0.330 e. The van der Waals surface area contributed by atoms with E-state index in [1.54, 1.807) is 0 Å². The molecule has 1 aliphatic carbocycles. The van der Waals surface area contributed by atoms with Crippen LogP contribution in [0, 0.1) is 11.3 Å². The van der Waals surface area contributed by atoms with Gasteiger partial charge in [0.15, 0.2) is 0 Å². The number of halogens is 4. The lowest BCUT2D eigenvalue weighted by atomic mass is 9.70. The van der Waals surface area contributed by atoms with Gasteiger partial charge in [0.1, 0.15) is 6.61 Å². The Morgan fingerprint density at radius 1 is 1.21 bits per heavy atom. The molecule has 1 saturated carbocycles. The van der Waals surface area contributed by atoms with E-state index in [0.29, 0.717) is 18.8 Å². The van der Waals surface area contributed by atoms with Gasteiger partial charge in [0.2, 0.25) is 0 Å². The van der Waals surface area contributed by atoms with Crippen LogP contribution in [0.5, 0.6) is 0 Å². The molecule has 114 valence electrons. The first-order valence-electron chi connectivity index (χ1n) is 6.57. The third kappa shape index (κ3) is 4.60. The molecule has 2 N–H and O–H groups in total. The van der Waals surface area contributed by atoms with Crippen molar-refractivity contribution in [1.29, 1.82) is 0 Å². The first-order chi connectivity index (χ1) is 8.54. The van der Waals surface area contributed by atoms with Gasteiger partial charge in [0.05, 0.1) is 6.10 Å². The minimum atomic E-state index is -4.10. The predicted octanol–water partition coefficient (Wildman–Crippen LogP) is 3.45. The minimum absolute atomic E-state index is 0.0347. The zero-order valence-corrected chi connectivity index (χ0v) is 11.6. The molecular weight excluding hydrogens is 262 g/mol. The normalized spacial score (nSPS) is 29.8. The van der Waals surface area contributed by atoms with Crippen molar-refractivity contribution in [2.75, 3.05) is 6.61 Å². The van der Waals surface area contributed by atoms with Gasteiger partial charge >= 0.3 is 12.3 Å². The summed E-state index contributed by atoms with van der Waals surface area (Å²) in [5, 5.41) is 0. The van der Waals surface area contributed by atoms with Crippen LogP contribution in [-0.2, 0) is 4.74 Å². The fraction of sp³-hybridized carbons (Fsp3) is 1.00. The van der Waals surface area contributed by atoms with Crippen LogP contribution in [0.2, 0.25) is 0 Å². The monoisotopic (exact) mass is 285 g/mol. The maximum absolute atomic E-state index is 12.8. The van der Waals surface area contributed by atoms with E-state index in [1.165, 1.54) is 0 Å². The van der Waals surface area contributed by atoms with Crippen LogP contribution >= 0.6 is 0 Å². The molecule has 0 radical (unpaired) electrons. The SMILES string of the molecule is CC(C)(C)C1CCC(N)C(OCC(F)(F)C(F)F)C1. The minimum Gasteiger partial charge on any atom is -0.370 e. The van der Waals surface area contributed by atoms with Gasteiger partial charge in [0, 0.05) is 6.04 Å². The molecule has 19 heavy (non-hydrogen) atoms. The van der Waals surface area contributed by atoms with Crippen molar-refractivity contribution >= 4 is 0 Å². The number of alkyl halides is 4. The number of rotatable bonds is 4. The van der Waals surface area contributed by atoms with Gasteiger partial charge in [-0.2, -0.15) is 8.78 Å². The van der Waals surface area contributed by atoms with E-state index >= 15 is 0 Å². The Morgan fingerprint density at radius 2 is 1.79 bits per heavy atom. The molecule has 0 aromatic heterocycles. The van der Waals surface area contributed by atoms with Gasteiger partial charge < -0.3 is 10.5 Å². The molecule has 1 rings (SSSR count). The van der Waals surface area contributed by atoms with Gasteiger partial charge in [-0.3, -0.25) is 0 Å². The Bertz CT molecular complexity index is 291. The Balaban J connectivity index is 2.56. The second-order valence-corrected chi connectivity index (χ2v) is 6.45.